The summed E-state index contributed by atoms with van der Waals surface area (Å²) in [5.74, 6) is -1.26. The number of hydrogen-bond donors (Lipinski definition) is 1. The number of nitrogens with zero attached hydrogens (tertiary/aromatic N) is 1. The zero-order valence-electron chi connectivity index (χ0n) is 8.92. The maximum absolute atomic E-state index is 10.8. The molecule has 1 rings (SSSR count). The van der Waals surface area contributed by atoms with Crippen molar-refractivity contribution in [1.82, 2.24) is 0 Å². The molecule has 0 radical (unpaired) electrons. The van der Waals surface area contributed by atoms with Gasteiger partial charge in [-0.1, -0.05) is 19.1 Å². The molecule has 0 aliphatic carbocycles. The van der Waals surface area contributed by atoms with Gasteiger partial charge in [0.05, 0.1) is 10.8 Å². The van der Waals surface area contributed by atoms with E-state index in [1.54, 1.807) is 12.1 Å². The Labute approximate surface area is 92.9 Å². The van der Waals surface area contributed by atoms with Gasteiger partial charge in [0.1, 0.15) is 0 Å². The van der Waals surface area contributed by atoms with Crippen LogP contribution in [0.2, 0.25) is 0 Å². The number of aliphatic carboxylic acids is 1. The van der Waals surface area contributed by atoms with Gasteiger partial charge < -0.3 is 5.11 Å². The third-order valence-corrected chi connectivity index (χ3v) is 2.47. The van der Waals surface area contributed by atoms with Crippen LogP contribution in [0.5, 0.6) is 0 Å². The lowest BCUT2D eigenvalue weighted by atomic mass is 9.97. The molecule has 1 aromatic carbocycles. The first-order valence-electron chi connectivity index (χ1n) is 5.00. The van der Waals surface area contributed by atoms with Crippen molar-refractivity contribution in [2.75, 3.05) is 0 Å². The maximum atomic E-state index is 10.8. The molecule has 0 heterocycles. The molecule has 1 N–H and O–H groups in total. The number of carboxylic acids is 1. The van der Waals surface area contributed by atoms with Crippen molar-refractivity contribution in [2.45, 2.75) is 19.8 Å². The number of benzene rings is 1. The van der Waals surface area contributed by atoms with E-state index in [1.807, 2.05) is 6.92 Å². The highest BCUT2D eigenvalue weighted by atomic mass is 16.6. The summed E-state index contributed by atoms with van der Waals surface area (Å²) in [6.07, 6.45) is 0.955. The van der Waals surface area contributed by atoms with Crippen LogP contribution < -0.4 is 0 Å². The number of nitro benzene ring substituents is 1. The number of carbonyl (C=O) groups is 1. The molecule has 0 aliphatic rings. The van der Waals surface area contributed by atoms with Crippen LogP contribution in [0.3, 0.4) is 0 Å². The van der Waals surface area contributed by atoms with Crippen molar-refractivity contribution >= 4 is 11.7 Å². The summed E-state index contributed by atoms with van der Waals surface area (Å²) in [6, 6.07) is 5.99. The van der Waals surface area contributed by atoms with Crippen LogP contribution >= 0.6 is 0 Å². The first-order valence-corrected chi connectivity index (χ1v) is 5.00. The van der Waals surface area contributed by atoms with E-state index in [-0.39, 0.29) is 5.69 Å². The molecule has 1 unspecified atom stereocenters. The van der Waals surface area contributed by atoms with Gasteiger partial charge in [0.2, 0.25) is 0 Å². The second-order valence-electron chi connectivity index (χ2n) is 3.57. The minimum atomic E-state index is -0.833. The highest BCUT2D eigenvalue weighted by molar-refractivity contribution is 5.70. The quantitative estimate of drug-likeness (QED) is 0.613. The van der Waals surface area contributed by atoms with Crippen molar-refractivity contribution in [3.05, 3.63) is 39.9 Å². The Hall–Kier alpha value is -1.91. The van der Waals surface area contributed by atoms with E-state index in [2.05, 4.69) is 0 Å². The topological polar surface area (TPSA) is 80.4 Å². The van der Waals surface area contributed by atoms with E-state index < -0.39 is 16.8 Å². The second kappa shape index (κ2) is 5.25. The van der Waals surface area contributed by atoms with Crippen molar-refractivity contribution < 1.29 is 14.8 Å². The van der Waals surface area contributed by atoms with Gasteiger partial charge in [0, 0.05) is 12.1 Å². The van der Waals surface area contributed by atoms with Crippen LogP contribution in [0.1, 0.15) is 18.9 Å². The Morgan fingerprint density at radius 3 is 2.38 bits per heavy atom. The molecule has 5 heteroatoms. The standard InChI is InChI=1S/C11H13NO4/c1-2-9(11(13)14)7-8-3-5-10(6-4-8)12(15)16/h3-6,9H,2,7H2,1H3,(H,13,14). The lowest BCUT2D eigenvalue weighted by Crippen LogP contribution is -2.15. The Kier molecular flexibility index (Phi) is 3.99. The van der Waals surface area contributed by atoms with E-state index in [9.17, 15) is 14.9 Å². The van der Waals surface area contributed by atoms with Gasteiger partial charge in [0.25, 0.3) is 5.69 Å². The van der Waals surface area contributed by atoms with Crippen LogP contribution in [0.25, 0.3) is 0 Å². The van der Waals surface area contributed by atoms with E-state index >= 15 is 0 Å². The fraction of sp³-hybridized carbons (Fsp3) is 0.364. The van der Waals surface area contributed by atoms with E-state index in [1.165, 1.54) is 12.1 Å². The van der Waals surface area contributed by atoms with Gasteiger partial charge in [-0.3, -0.25) is 14.9 Å². The lowest BCUT2D eigenvalue weighted by molar-refractivity contribution is -0.384. The average molecular weight is 223 g/mol. The van der Waals surface area contributed by atoms with Crippen molar-refractivity contribution in [3.8, 4) is 0 Å². The molecule has 1 atom stereocenters. The summed E-state index contributed by atoms with van der Waals surface area (Å²) in [7, 11) is 0. The van der Waals surface area contributed by atoms with Crippen LogP contribution in [0, 0.1) is 16.0 Å². The Bertz CT molecular complexity index is 385. The number of carboxylic acid groups (broad SMARTS) is 1. The van der Waals surface area contributed by atoms with Crippen molar-refractivity contribution in [2.24, 2.45) is 5.92 Å². The average Bonchev–Trinajstić information content (AvgIpc) is 2.26. The normalized spacial score (nSPS) is 12.1. The predicted molar refractivity (Wildman–Crippen MR) is 58.2 cm³/mol. The van der Waals surface area contributed by atoms with Crippen molar-refractivity contribution in [3.63, 3.8) is 0 Å². The first-order chi connectivity index (χ1) is 7.54. The monoisotopic (exact) mass is 223 g/mol. The summed E-state index contributed by atoms with van der Waals surface area (Å²) in [6.45, 7) is 1.81. The van der Waals surface area contributed by atoms with Crippen LogP contribution in [-0.2, 0) is 11.2 Å². The SMILES string of the molecule is CCC(Cc1ccc([N+](=O)[O-])cc1)C(=O)O. The molecule has 0 aliphatic heterocycles. The lowest BCUT2D eigenvalue weighted by Gasteiger charge is -2.08. The van der Waals surface area contributed by atoms with Crippen LogP contribution in [-0.4, -0.2) is 16.0 Å². The maximum Gasteiger partial charge on any atom is 0.306 e. The Morgan fingerprint density at radius 1 is 1.44 bits per heavy atom. The summed E-state index contributed by atoms with van der Waals surface area (Å²) >= 11 is 0. The summed E-state index contributed by atoms with van der Waals surface area (Å²) in [4.78, 5) is 20.7. The van der Waals surface area contributed by atoms with E-state index in [0.29, 0.717) is 12.8 Å². The third kappa shape index (κ3) is 3.05. The summed E-state index contributed by atoms with van der Waals surface area (Å²) in [5.41, 5.74) is 0.826. The summed E-state index contributed by atoms with van der Waals surface area (Å²) in [5, 5.41) is 19.3. The zero-order valence-corrected chi connectivity index (χ0v) is 8.92. The third-order valence-electron chi connectivity index (χ3n) is 2.47. The number of rotatable bonds is 5. The van der Waals surface area contributed by atoms with Crippen LogP contribution in [0.15, 0.2) is 24.3 Å². The smallest absolute Gasteiger partial charge is 0.306 e. The second-order valence-corrected chi connectivity index (χ2v) is 3.57. The zero-order chi connectivity index (χ0) is 12.1. The first kappa shape index (κ1) is 12.2. The highest BCUT2D eigenvalue weighted by Crippen LogP contribution is 2.16. The fourth-order valence-electron chi connectivity index (χ4n) is 1.44. The van der Waals surface area contributed by atoms with Gasteiger partial charge in [-0.2, -0.15) is 0 Å². The molecule has 0 amide bonds. The molecule has 0 bridgehead atoms. The molecule has 5 nitrogen and oxygen atoms in total. The molecular formula is C11H13NO4. The highest BCUT2D eigenvalue weighted by Gasteiger charge is 2.15. The molecule has 0 fully saturated rings. The van der Waals surface area contributed by atoms with Gasteiger partial charge in [-0.25, -0.2) is 0 Å². The number of non-ortho nitro benzene ring substituents is 1. The van der Waals surface area contributed by atoms with Crippen LogP contribution in [0.4, 0.5) is 5.69 Å². The molecule has 0 aromatic heterocycles. The largest absolute Gasteiger partial charge is 0.481 e. The molecule has 1 aromatic rings. The van der Waals surface area contributed by atoms with E-state index in [0.717, 1.165) is 5.56 Å². The number of nitro groups is 1. The summed E-state index contributed by atoms with van der Waals surface area (Å²) < 4.78 is 0. The van der Waals surface area contributed by atoms with Gasteiger partial charge in [0.15, 0.2) is 0 Å². The van der Waals surface area contributed by atoms with Gasteiger partial charge in [-0.05, 0) is 18.4 Å². The molecule has 16 heavy (non-hydrogen) atoms. The Morgan fingerprint density at radius 2 is 2.00 bits per heavy atom. The minimum Gasteiger partial charge on any atom is -0.481 e. The molecular weight excluding hydrogens is 210 g/mol. The van der Waals surface area contributed by atoms with Gasteiger partial charge >= 0.3 is 5.97 Å². The molecule has 0 spiro atoms. The molecule has 86 valence electrons. The fourth-order valence-corrected chi connectivity index (χ4v) is 1.44. The minimum absolute atomic E-state index is 0.0205. The molecule has 0 saturated heterocycles. The van der Waals surface area contributed by atoms with Gasteiger partial charge in [-0.15, -0.1) is 0 Å². The Balaban J connectivity index is 2.75. The predicted octanol–water partition coefficient (Wildman–Crippen LogP) is 2.25. The number of hydrogen-bond acceptors (Lipinski definition) is 3. The van der Waals surface area contributed by atoms with Crippen molar-refractivity contribution in [1.29, 1.82) is 0 Å². The molecule has 0 saturated carbocycles. The van der Waals surface area contributed by atoms with E-state index in [4.69, 9.17) is 5.11 Å².